The zero-order valence-corrected chi connectivity index (χ0v) is 10.4. The highest BCUT2D eigenvalue weighted by atomic mass is 16.5. The lowest BCUT2D eigenvalue weighted by Gasteiger charge is -2.26. The van der Waals surface area contributed by atoms with Gasteiger partial charge in [-0.3, -0.25) is 5.84 Å². The highest BCUT2D eigenvalue weighted by Crippen LogP contribution is 2.26. The van der Waals surface area contributed by atoms with Crippen LogP contribution in [0.4, 0.5) is 0 Å². The van der Waals surface area contributed by atoms with E-state index in [1.54, 1.807) is 19.9 Å². The van der Waals surface area contributed by atoms with Crippen molar-refractivity contribution in [3.8, 4) is 11.5 Å². The first-order valence-corrected chi connectivity index (χ1v) is 5.59. The van der Waals surface area contributed by atoms with E-state index in [4.69, 9.17) is 10.6 Å². The first-order valence-electron chi connectivity index (χ1n) is 5.59. The second-order valence-corrected chi connectivity index (χ2v) is 4.20. The lowest BCUT2D eigenvalue weighted by Crippen LogP contribution is -2.55. The lowest BCUT2D eigenvalue weighted by molar-refractivity contribution is -0.150. The summed E-state index contributed by atoms with van der Waals surface area (Å²) >= 11 is 0. The molecule has 18 heavy (non-hydrogen) atoms. The Morgan fingerprint density at radius 2 is 2.11 bits per heavy atom. The van der Waals surface area contributed by atoms with Crippen LogP contribution in [0.25, 0.3) is 0 Å². The van der Waals surface area contributed by atoms with Crippen LogP contribution in [-0.2, 0) is 16.0 Å². The van der Waals surface area contributed by atoms with Crippen LogP contribution in [0.2, 0.25) is 0 Å². The van der Waals surface area contributed by atoms with Crippen molar-refractivity contribution < 1.29 is 19.7 Å². The number of aromatic hydroxyl groups is 2. The minimum Gasteiger partial charge on any atom is -0.504 e. The molecule has 0 saturated carbocycles. The first-order chi connectivity index (χ1) is 8.42. The van der Waals surface area contributed by atoms with Crippen molar-refractivity contribution in [3.63, 3.8) is 0 Å². The second-order valence-electron chi connectivity index (χ2n) is 4.20. The highest BCUT2D eigenvalue weighted by Gasteiger charge is 2.33. The fraction of sp³-hybridized carbons (Fsp3) is 0.417. The number of phenols is 2. The number of carbonyl (C=O) groups excluding carboxylic acids is 1. The van der Waals surface area contributed by atoms with Gasteiger partial charge in [0.05, 0.1) is 6.61 Å². The number of esters is 1. The van der Waals surface area contributed by atoms with Crippen LogP contribution in [0.3, 0.4) is 0 Å². The third-order valence-corrected chi connectivity index (χ3v) is 2.64. The van der Waals surface area contributed by atoms with Gasteiger partial charge in [-0.25, -0.2) is 10.2 Å². The van der Waals surface area contributed by atoms with Gasteiger partial charge in [-0.15, -0.1) is 0 Å². The van der Waals surface area contributed by atoms with E-state index in [0.29, 0.717) is 5.56 Å². The van der Waals surface area contributed by atoms with Crippen LogP contribution in [-0.4, -0.2) is 28.3 Å². The van der Waals surface area contributed by atoms with E-state index in [1.807, 2.05) is 0 Å². The predicted molar refractivity (Wildman–Crippen MR) is 65.8 cm³/mol. The van der Waals surface area contributed by atoms with Gasteiger partial charge >= 0.3 is 5.97 Å². The number of ether oxygens (including phenoxy) is 1. The monoisotopic (exact) mass is 254 g/mol. The summed E-state index contributed by atoms with van der Waals surface area (Å²) in [6, 6.07) is 4.33. The van der Waals surface area contributed by atoms with Crippen molar-refractivity contribution in [1.82, 2.24) is 5.43 Å². The van der Waals surface area contributed by atoms with Crippen LogP contribution >= 0.6 is 0 Å². The largest absolute Gasteiger partial charge is 0.504 e. The summed E-state index contributed by atoms with van der Waals surface area (Å²) in [6.07, 6.45) is 0.232. The van der Waals surface area contributed by atoms with Crippen molar-refractivity contribution in [2.75, 3.05) is 6.61 Å². The molecule has 0 unspecified atom stereocenters. The minimum absolute atomic E-state index is 0.211. The van der Waals surface area contributed by atoms with Gasteiger partial charge in [0.2, 0.25) is 0 Å². The maximum atomic E-state index is 11.8. The number of benzene rings is 1. The number of hydrogen-bond acceptors (Lipinski definition) is 6. The standard InChI is InChI=1S/C12H18N2O4/c1-3-18-11(17)12(2,14-13)7-8-4-5-9(15)10(16)6-8/h4-6,14-16H,3,7,13H2,1-2H3/t12-/m0/s1. The fourth-order valence-electron chi connectivity index (χ4n) is 1.56. The van der Waals surface area contributed by atoms with Crippen molar-refractivity contribution in [2.24, 2.45) is 5.84 Å². The van der Waals surface area contributed by atoms with Gasteiger partial charge in [-0.05, 0) is 31.5 Å². The summed E-state index contributed by atoms with van der Waals surface area (Å²) in [4.78, 5) is 11.8. The molecule has 6 heteroatoms. The predicted octanol–water partition coefficient (Wildman–Crippen LogP) is 0.425. The van der Waals surface area contributed by atoms with Gasteiger partial charge in [0.1, 0.15) is 5.54 Å². The minimum atomic E-state index is -1.08. The zero-order chi connectivity index (χ0) is 13.8. The third-order valence-electron chi connectivity index (χ3n) is 2.64. The van der Waals surface area contributed by atoms with Crippen LogP contribution < -0.4 is 11.3 Å². The topological polar surface area (TPSA) is 105 Å². The molecule has 0 spiro atoms. The van der Waals surface area contributed by atoms with Gasteiger partial charge < -0.3 is 14.9 Å². The maximum absolute atomic E-state index is 11.8. The second kappa shape index (κ2) is 5.70. The molecule has 6 nitrogen and oxygen atoms in total. The molecule has 0 aliphatic rings. The molecule has 0 bridgehead atoms. The number of hydrazine groups is 1. The van der Waals surface area contributed by atoms with Crippen LogP contribution in [0.15, 0.2) is 18.2 Å². The van der Waals surface area contributed by atoms with Crippen molar-refractivity contribution >= 4 is 5.97 Å². The molecular formula is C12H18N2O4. The van der Waals surface area contributed by atoms with Gasteiger partial charge in [-0.1, -0.05) is 6.07 Å². The zero-order valence-electron chi connectivity index (χ0n) is 10.4. The number of nitrogens with one attached hydrogen (secondary N) is 1. The average molecular weight is 254 g/mol. The molecule has 1 atom stereocenters. The van der Waals surface area contributed by atoms with Gasteiger partial charge in [0.15, 0.2) is 11.5 Å². The Labute approximate surface area is 105 Å². The normalized spacial score (nSPS) is 13.9. The van der Waals surface area contributed by atoms with E-state index in [9.17, 15) is 15.0 Å². The molecule has 0 aromatic heterocycles. The Kier molecular flexibility index (Phi) is 4.52. The smallest absolute Gasteiger partial charge is 0.327 e. The Hall–Kier alpha value is -1.79. The van der Waals surface area contributed by atoms with Crippen LogP contribution in [0.5, 0.6) is 11.5 Å². The first kappa shape index (κ1) is 14.3. The molecule has 1 aromatic rings. The Balaban J connectivity index is 2.91. The number of phenolic OH excluding ortho intramolecular Hbond substituents is 2. The third kappa shape index (κ3) is 3.12. The average Bonchev–Trinajstić information content (AvgIpc) is 2.34. The number of hydrogen-bond donors (Lipinski definition) is 4. The molecule has 1 aromatic carbocycles. The van der Waals surface area contributed by atoms with E-state index in [-0.39, 0.29) is 24.5 Å². The van der Waals surface area contributed by atoms with E-state index in [1.165, 1.54) is 12.1 Å². The molecule has 1 rings (SSSR count). The van der Waals surface area contributed by atoms with E-state index in [2.05, 4.69) is 5.43 Å². The Morgan fingerprint density at radius 3 is 2.61 bits per heavy atom. The molecule has 0 heterocycles. The molecule has 0 aliphatic heterocycles. The van der Waals surface area contributed by atoms with Gasteiger partial charge in [-0.2, -0.15) is 0 Å². The molecule has 0 radical (unpaired) electrons. The maximum Gasteiger partial charge on any atom is 0.327 e. The lowest BCUT2D eigenvalue weighted by atomic mass is 9.93. The highest BCUT2D eigenvalue weighted by molar-refractivity contribution is 5.80. The number of carbonyl (C=O) groups is 1. The van der Waals surface area contributed by atoms with Crippen molar-refractivity contribution in [2.45, 2.75) is 25.8 Å². The summed E-state index contributed by atoms with van der Waals surface area (Å²) in [7, 11) is 0. The summed E-state index contributed by atoms with van der Waals surface area (Å²) < 4.78 is 4.93. The SMILES string of the molecule is CCOC(=O)[C@](C)(Cc1ccc(O)c(O)c1)NN. The molecular weight excluding hydrogens is 236 g/mol. The van der Waals surface area contributed by atoms with Crippen LogP contribution in [0.1, 0.15) is 19.4 Å². The fourth-order valence-corrected chi connectivity index (χ4v) is 1.56. The molecule has 5 N–H and O–H groups in total. The Bertz CT molecular complexity index is 436. The summed E-state index contributed by atoms with van der Waals surface area (Å²) in [5.41, 5.74) is 1.99. The van der Waals surface area contributed by atoms with Gasteiger partial charge in [0.25, 0.3) is 0 Å². The molecule has 100 valence electrons. The molecule has 0 saturated heterocycles. The molecule has 0 amide bonds. The van der Waals surface area contributed by atoms with Crippen molar-refractivity contribution in [3.05, 3.63) is 23.8 Å². The van der Waals surface area contributed by atoms with Crippen molar-refractivity contribution in [1.29, 1.82) is 0 Å². The summed E-state index contributed by atoms with van der Waals surface area (Å²) in [5.74, 6) is 4.47. The number of nitrogens with two attached hydrogens (primary N) is 1. The number of rotatable bonds is 5. The molecule has 0 aliphatic carbocycles. The van der Waals surface area contributed by atoms with E-state index < -0.39 is 11.5 Å². The summed E-state index contributed by atoms with van der Waals surface area (Å²) in [5, 5.41) is 18.6. The molecule has 0 fully saturated rings. The van der Waals surface area contributed by atoms with Crippen LogP contribution in [0, 0.1) is 0 Å². The Morgan fingerprint density at radius 1 is 1.44 bits per heavy atom. The van der Waals surface area contributed by atoms with E-state index >= 15 is 0 Å². The summed E-state index contributed by atoms with van der Waals surface area (Å²) in [6.45, 7) is 3.58. The van der Waals surface area contributed by atoms with Gasteiger partial charge in [0, 0.05) is 6.42 Å². The quantitative estimate of drug-likeness (QED) is 0.263. The van der Waals surface area contributed by atoms with E-state index in [0.717, 1.165) is 0 Å².